The van der Waals surface area contributed by atoms with E-state index in [-0.39, 0.29) is 18.2 Å². The van der Waals surface area contributed by atoms with Gasteiger partial charge in [-0.3, -0.25) is 0 Å². The van der Waals surface area contributed by atoms with Crippen molar-refractivity contribution >= 4 is 15.9 Å². The van der Waals surface area contributed by atoms with Gasteiger partial charge in [0.15, 0.2) is 0 Å². The summed E-state index contributed by atoms with van der Waals surface area (Å²) in [7, 11) is 0. The molecule has 5 heteroatoms. The van der Waals surface area contributed by atoms with Crippen LogP contribution in [0.25, 0.3) is 0 Å². The van der Waals surface area contributed by atoms with Gasteiger partial charge in [0.2, 0.25) is 0 Å². The maximum Gasteiger partial charge on any atom is 0.137 e. The topological polar surface area (TPSA) is 35.2 Å². The molecule has 0 unspecified atom stereocenters. The molecule has 0 aliphatic carbocycles. The Kier molecular flexibility index (Phi) is 3.93. The van der Waals surface area contributed by atoms with E-state index in [1.165, 1.54) is 36.4 Å². The van der Waals surface area contributed by atoms with Crippen molar-refractivity contribution < 1.29 is 13.5 Å². The Morgan fingerprint density at radius 3 is 2.56 bits per heavy atom. The average Bonchev–Trinajstić information content (AvgIpc) is 2.36. The number of halogens is 3. The molecule has 0 radical (unpaired) electrons. The molecule has 0 saturated carbocycles. The van der Waals surface area contributed by atoms with Crippen molar-refractivity contribution in [1.82, 2.24) is 0 Å². The van der Waals surface area contributed by atoms with Crippen LogP contribution in [0.1, 0.15) is 5.56 Å². The second kappa shape index (κ2) is 5.46. The van der Waals surface area contributed by atoms with Gasteiger partial charge in [0.05, 0.1) is 4.47 Å². The molecular formula is C13H10BrF2NO. The number of rotatable bonds is 3. The fourth-order valence-corrected chi connectivity index (χ4v) is 1.83. The van der Waals surface area contributed by atoms with Crippen LogP contribution in [0.2, 0.25) is 0 Å². The van der Waals surface area contributed by atoms with Gasteiger partial charge in [-0.05, 0) is 52.3 Å². The Balaban J connectivity index is 2.30. The molecule has 2 N–H and O–H groups in total. The Labute approximate surface area is 112 Å². The summed E-state index contributed by atoms with van der Waals surface area (Å²) >= 11 is 3.07. The molecule has 0 spiro atoms. The van der Waals surface area contributed by atoms with E-state index in [4.69, 9.17) is 10.5 Å². The van der Waals surface area contributed by atoms with E-state index in [9.17, 15) is 8.78 Å². The SMILES string of the molecule is NCc1cc(F)ccc1Oc1ccc(F)c(Br)c1. The third kappa shape index (κ3) is 2.86. The molecule has 18 heavy (non-hydrogen) atoms. The summed E-state index contributed by atoms with van der Waals surface area (Å²) in [6, 6.07) is 8.36. The fourth-order valence-electron chi connectivity index (χ4n) is 1.47. The number of hydrogen-bond donors (Lipinski definition) is 1. The second-order valence-corrected chi connectivity index (χ2v) is 4.49. The maximum atomic E-state index is 13.1. The average molecular weight is 314 g/mol. The van der Waals surface area contributed by atoms with Crippen LogP contribution >= 0.6 is 15.9 Å². The molecular weight excluding hydrogens is 304 g/mol. The van der Waals surface area contributed by atoms with E-state index >= 15 is 0 Å². The summed E-state index contributed by atoms with van der Waals surface area (Å²) in [4.78, 5) is 0. The minimum absolute atomic E-state index is 0.162. The predicted molar refractivity (Wildman–Crippen MR) is 68.5 cm³/mol. The zero-order valence-electron chi connectivity index (χ0n) is 9.29. The number of hydrogen-bond acceptors (Lipinski definition) is 2. The van der Waals surface area contributed by atoms with E-state index < -0.39 is 0 Å². The van der Waals surface area contributed by atoms with E-state index in [1.807, 2.05) is 0 Å². The third-order valence-electron chi connectivity index (χ3n) is 2.36. The molecule has 94 valence electrons. The molecule has 0 bridgehead atoms. The number of nitrogens with two attached hydrogens (primary N) is 1. The maximum absolute atomic E-state index is 13.1. The van der Waals surface area contributed by atoms with Crippen molar-refractivity contribution in [2.24, 2.45) is 5.73 Å². The van der Waals surface area contributed by atoms with Gasteiger partial charge in [-0.15, -0.1) is 0 Å². The summed E-state index contributed by atoms with van der Waals surface area (Å²) in [6.07, 6.45) is 0. The Morgan fingerprint density at radius 1 is 1.11 bits per heavy atom. The molecule has 0 saturated heterocycles. The smallest absolute Gasteiger partial charge is 0.137 e. The van der Waals surface area contributed by atoms with Crippen molar-refractivity contribution in [2.75, 3.05) is 0 Å². The monoisotopic (exact) mass is 313 g/mol. The second-order valence-electron chi connectivity index (χ2n) is 3.63. The Bertz CT molecular complexity index is 575. The van der Waals surface area contributed by atoms with Gasteiger partial charge in [-0.1, -0.05) is 0 Å². The summed E-state index contributed by atoms with van der Waals surface area (Å²) in [5.41, 5.74) is 6.06. The molecule has 2 nitrogen and oxygen atoms in total. The zero-order valence-corrected chi connectivity index (χ0v) is 10.9. The fraction of sp³-hybridized carbons (Fsp3) is 0.0769. The largest absolute Gasteiger partial charge is 0.457 e. The van der Waals surface area contributed by atoms with Crippen LogP contribution in [-0.4, -0.2) is 0 Å². The van der Waals surface area contributed by atoms with Crippen LogP contribution in [0.5, 0.6) is 11.5 Å². The predicted octanol–water partition coefficient (Wildman–Crippen LogP) is 3.98. The van der Waals surface area contributed by atoms with Crippen LogP contribution in [0.4, 0.5) is 8.78 Å². The normalized spacial score (nSPS) is 10.4. The molecule has 0 aliphatic rings. The summed E-state index contributed by atoms with van der Waals surface area (Å²) in [5.74, 6) is 0.158. The lowest BCUT2D eigenvalue weighted by Crippen LogP contribution is -2.00. The van der Waals surface area contributed by atoms with Gasteiger partial charge >= 0.3 is 0 Å². The highest BCUT2D eigenvalue weighted by Gasteiger charge is 2.07. The van der Waals surface area contributed by atoms with E-state index in [1.54, 1.807) is 0 Å². The van der Waals surface area contributed by atoms with Crippen molar-refractivity contribution in [2.45, 2.75) is 6.54 Å². The Morgan fingerprint density at radius 2 is 1.89 bits per heavy atom. The van der Waals surface area contributed by atoms with Gasteiger partial charge in [-0.25, -0.2) is 8.78 Å². The molecule has 0 fully saturated rings. The number of ether oxygens (including phenoxy) is 1. The van der Waals surface area contributed by atoms with Crippen molar-refractivity contribution in [3.8, 4) is 11.5 Å². The lowest BCUT2D eigenvalue weighted by atomic mass is 10.2. The highest BCUT2D eigenvalue weighted by molar-refractivity contribution is 9.10. The van der Waals surface area contributed by atoms with Crippen LogP contribution in [0.15, 0.2) is 40.9 Å². The van der Waals surface area contributed by atoms with Crippen molar-refractivity contribution in [3.63, 3.8) is 0 Å². The molecule has 0 aromatic heterocycles. The van der Waals surface area contributed by atoms with Gasteiger partial charge in [-0.2, -0.15) is 0 Å². The highest BCUT2D eigenvalue weighted by Crippen LogP contribution is 2.28. The van der Waals surface area contributed by atoms with E-state index in [0.717, 1.165) is 0 Å². The van der Waals surface area contributed by atoms with Crippen LogP contribution in [0, 0.1) is 11.6 Å². The van der Waals surface area contributed by atoms with Crippen LogP contribution in [0.3, 0.4) is 0 Å². The molecule has 0 aliphatic heterocycles. The minimum Gasteiger partial charge on any atom is -0.457 e. The molecule has 2 aromatic rings. The highest BCUT2D eigenvalue weighted by atomic mass is 79.9. The molecule has 2 aromatic carbocycles. The van der Waals surface area contributed by atoms with Gasteiger partial charge in [0.25, 0.3) is 0 Å². The van der Waals surface area contributed by atoms with Gasteiger partial charge in [0.1, 0.15) is 23.1 Å². The number of benzene rings is 2. The first kappa shape index (κ1) is 13.0. The van der Waals surface area contributed by atoms with Gasteiger partial charge in [0, 0.05) is 12.1 Å². The van der Waals surface area contributed by atoms with Crippen molar-refractivity contribution in [3.05, 3.63) is 58.1 Å². The van der Waals surface area contributed by atoms with Crippen LogP contribution < -0.4 is 10.5 Å². The third-order valence-corrected chi connectivity index (χ3v) is 2.97. The van der Waals surface area contributed by atoms with Crippen molar-refractivity contribution in [1.29, 1.82) is 0 Å². The Hall–Kier alpha value is -1.46. The summed E-state index contributed by atoms with van der Waals surface area (Å²) in [6.45, 7) is 0.162. The first-order chi connectivity index (χ1) is 8.60. The van der Waals surface area contributed by atoms with Gasteiger partial charge < -0.3 is 10.5 Å². The van der Waals surface area contributed by atoms with E-state index in [2.05, 4.69) is 15.9 Å². The summed E-state index contributed by atoms with van der Waals surface area (Å²) in [5, 5.41) is 0. The van der Waals surface area contributed by atoms with E-state index in [0.29, 0.717) is 21.5 Å². The lowest BCUT2D eigenvalue weighted by Gasteiger charge is -2.10. The molecule has 0 atom stereocenters. The zero-order chi connectivity index (χ0) is 13.1. The first-order valence-corrected chi connectivity index (χ1v) is 6.01. The summed E-state index contributed by atoms with van der Waals surface area (Å²) < 4.78 is 31.9. The molecule has 0 amide bonds. The van der Waals surface area contributed by atoms with Crippen LogP contribution in [-0.2, 0) is 6.54 Å². The molecule has 2 rings (SSSR count). The standard InChI is InChI=1S/C13H10BrF2NO/c14-11-6-10(2-3-12(11)16)18-13-4-1-9(15)5-8(13)7-17/h1-6H,7,17H2. The quantitative estimate of drug-likeness (QED) is 0.930. The minimum atomic E-state index is -0.375. The lowest BCUT2D eigenvalue weighted by molar-refractivity contribution is 0.471. The first-order valence-electron chi connectivity index (χ1n) is 5.21. The molecule has 0 heterocycles.